The third kappa shape index (κ3) is 3.15. The van der Waals surface area contributed by atoms with Crippen molar-refractivity contribution in [2.24, 2.45) is 0 Å². The van der Waals surface area contributed by atoms with E-state index in [-0.39, 0.29) is 25.2 Å². The standard InChI is InChI=1S/C26H18N2O4S/c1-33-18-4-2-16(3-5-18)23-19-12-22-21(31-14-32-22)11-17(19)10-20-24(23)26(30)28(25(20)29)13-15-6-8-27-9-7-15/h2-12H,13-14H2,1H3. The lowest BCUT2D eigenvalue weighted by molar-refractivity contribution is 0.0642. The molecule has 33 heavy (non-hydrogen) atoms. The lowest BCUT2D eigenvalue weighted by Gasteiger charge is -2.14. The van der Waals surface area contributed by atoms with Crippen molar-refractivity contribution in [1.29, 1.82) is 0 Å². The molecule has 6 rings (SSSR count). The van der Waals surface area contributed by atoms with Crippen LogP contribution in [0.4, 0.5) is 0 Å². The number of hydrogen-bond acceptors (Lipinski definition) is 6. The van der Waals surface area contributed by atoms with Crippen LogP contribution in [-0.4, -0.2) is 34.7 Å². The quantitative estimate of drug-likeness (QED) is 0.314. The molecule has 0 N–H and O–H groups in total. The topological polar surface area (TPSA) is 68.7 Å². The number of aromatic nitrogens is 1. The summed E-state index contributed by atoms with van der Waals surface area (Å²) in [7, 11) is 0. The predicted molar refractivity (Wildman–Crippen MR) is 126 cm³/mol. The van der Waals surface area contributed by atoms with E-state index in [2.05, 4.69) is 4.98 Å². The molecule has 2 amide bonds. The van der Waals surface area contributed by atoms with Crippen molar-refractivity contribution < 1.29 is 19.1 Å². The summed E-state index contributed by atoms with van der Waals surface area (Å²) >= 11 is 1.65. The first-order chi connectivity index (χ1) is 16.1. The van der Waals surface area contributed by atoms with Gasteiger partial charge < -0.3 is 9.47 Å². The molecule has 0 aliphatic carbocycles. The first-order valence-electron chi connectivity index (χ1n) is 10.4. The van der Waals surface area contributed by atoms with Gasteiger partial charge in [-0.1, -0.05) is 12.1 Å². The molecule has 6 nitrogen and oxygen atoms in total. The Kier molecular flexibility index (Phi) is 4.58. The number of benzene rings is 3. The van der Waals surface area contributed by atoms with Crippen LogP contribution in [0, 0.1) is 0 Å². The third-order valence-corrected chi connectivity index (χ3v) is 6.78. The normalized spacial score (nSPS) is 14.3. The molecule has 0 spiro atoms. The molecule has 0 radical (unpaired) electrons. The largest absolute Gasteiger partial charge is 0.454 e. The lowest BCUT2D eigenvalue weighted by Crippen LogP contribution is -2.29. The van der Waals surface area contributed by atoms with E-state index in [0.717, 1.165) is 32.4 Å². The smallest absolute Gasteiger partial charge is 0.262 e. The molecule has 0 unspecified atom stereocenters. The van der Waals surface area contributed by atoms with Crippen molar-refractivity contribution in [1.82, 2.24) is 9.88 Å². The van der Waals surface area contributed by atoms with Gasteiger partial charge in [0.1, 0.15) is 0 Å². The molecule has 2 aliphatic rings. The SMILES string of the molecule is CSc1ccc(-c2c3c(cc4cc5c(cc24)OCO5)C(=O)N(Cc2ccncc2)C3=O)cc1. The van der Waals surface area contributed by atoms with Gasteiger partial charge in [-0.15, -0.1) is 11.8 Å². The fourth-order valence-electron chi connectivity index (χ4n) is 4.43. The van der Waals surface area contributed by atoms with Gasteiger partial charge in [-0.05, 0) is 70.6 Å². The highest BCUT2D eigenvalue weighted by atomic mass is 32.2. The lowest BCUT2D eigenvalue weighted by atomic mass is 9.90. The average Bonchev–Trinajstić information content (AvgIpc) is 3.40. The summed E-state index contributed by atoms with van der Waals surface area (Å²) in [5.41, 5.74) is 3.29. The first kappa shape index (κ1) is 19.8. The Hall–Kier alpha value is -3.84. The Morgan fingerprint density at radius 2 is 1.64 bits per heavy atom. The molecule has 0 saturated carbocycles. The zero-order chi connectivity index (χ0) is 22.5. The highest BCUT2D eigenvalue weighted by Crippen LogP contribution is 2.44. The van der Waals surface area contributed by atoms with E-state index in [9.17, 15) is 9.59 Å². The molecular weight excluding hydrogens is 436 g/mol. The minimum atomic E-state index is -0.298. The number of carbonyl (C=O) groups excluding carboxylic acids is 2. The highest BCUT2D eigenvalue weighted by Gasteiger charge is 2.39. The van der Waals surface area contributed by atoms with Gasteiger partial charge in [0.25, 0.3) is 11.8 Å². The van der Waals surface area contributed by atoms with Crippen molar-refractivity contribution >= 4 is 34.3 Å². The van der Waals surface area contributed by atoms with E-state index in [0.29, 0.717) is 22.6 Å². The van der Waals surface area contributed by atoms with Gasteiger partial charge in [0, 0.05) is 22.9 Å². The Bertz CT molecular complexity index is 1430. The minimum absolute atomic E-state index is 0.153. The Labute approximate surface area is 194 Å². The highest BCUT2D eigenvalue weighted by molar-refractivity contribution is 7.98. The zero-order valence-electron chi connectivity index (χ0n) is 17.7. The number of nitrogens with zero attached hydrogens (tertiary/aromatic N) is 2. The molecule has 162 valence electrons. The van der Waals surface area contributed by atoms with Crippen LogP contribution >= 0.6 is 11.8 Å². The molecule has 0 saturated heterocycles. The summed E-state index contributed by atoms with van der Waals surface area (Å²) in [5, 5.41) is 1.68. The maximum absolute atomic E-state index is 13.6. The number of thioether (sulfide) groups is 1. The van der Waals surface area contributed by atoms with E-state index in [1.807, 2.05) is 42.7 Å². The number of hydrogen-bond donors (Lipinski definition) is 0. The maximum Gasteiger partial charge on any atom is 0.262 e. The summed E-state index contributed by atoms with van der Waals surface area (Å²) in [4.78, 5) is 33.5. The number of amides is 2. The van der Waals surface area contributed by atoms with Gasteiger partial charge in [0.15, 0.2) is 11.5 Å². The molecule has 4 aromatic rings. The molecule has 7 heteroatoms. The number of carbonyl (C=O) groups is 2. The molecule has 1 aromatic heterocycles. The molecular formula is C26H18N2O4S. The predicted octanol–water partition coefficient (Wildman–Crippen LogP) is 5.15. The van der Waals surface area contributed by atoms with Crippen LogP contribution in [0.2, 0.25) is 0 Å². The fourth-order valence-corrected chi connectivity index (χ4v) is 4.83. The van der Waals surface area contributed by atoms with Crippen LogP contribution in [-0.2, 0) is 6.54 Å². The second kappa shape index (κ2) is 7.64. The van der Waals surface area contributed by atoms with Gasteiger partial charge in [-0.25, -0.2) is 0 Å². The summed E-state index contributed by atoms with van der Waals surface area (Å²) in [6, 6.07) is 17.2. The molecule has 0 atom stereocenters. The Morgan fingerprint density at radius 1 is 0.909 bits per heavy atom. The van der Waals surface area contributed by atoms with Gasteiger partial charge >= 0.3 is 0 Å². The Morgan fingerprint density at radius 3 is 2.36 bits per heavy atom. The second-order valence-electron chi connectivity index (χ2n) is 7.88. The van der Waals surface area contributed by atoms with E-state index in [4.69, 9.17) is 9.47 Å². The number of ether oxygens (including phenoxy) is 2. The molecule has 2 aliphatic heterocycles. The van der Waals surface area contributed by atoms with Crippen molar-refractivity contribution in [2.45, 2.75) is 11.4 Å². The summed E-state index contributed by atoms with van der Waals surface area (Å²) in [6.45, 7) is 0.347. The number of fused-ring (bicyclic) bond motifs is 3. The van der Waals surface area contributed by atoms with Gasteiger partial charge in [-0.2, -0.15) is 0 Å². The summed E-state index contributed by atoms with van der Waals surface area (Å²) in [6.07, 6.45) is 5.33. The fraction of sp³-hybridized carbons (Fsp3) is 0.115. The molecule has 3 heterocycles. The van der Waals surface area contributed by atoms with Crippen LogP contribution in [0.5, 0.6) is 11.5 Å². The molecule has 0 fully saturated rings. The van der Waals surface area contributed by atoms with Crippen molar-refractivity contribution in [2.75, 3.05) is 13.0 Å². The van der Waals surface area contributed by atoms with Crippen LogP contribution in [0.25, 0.3) is 21.9 Å². The first-order valence-corrected chi connectivity index (χ1v) is 11.7. The average molecular weight is 455 g/mol. The zero-order valence-corrected chi connectivity index (χ0v) is 18.5. The van der Waals surface area contributed by atoms with E-state index >= 15 is 0 Å². The van der Waals surface area contributed by atoms with E-state index in [1.165, 1.54) is 4.90 Å². The van der Waals surface area contributed by atoms with E-state index < -0.39 is 0 Å². The summed E-state index contributed by atoms with van der Waals surface area (Å²) < 4.78 is 11.2. The number of rotatable bonds is 4. The van der Waals surface area contributed by atoms with Gasteiger partial charge in [-0.3, -0.25) is 19.5 Å². The van der Waals surface area contributed by atoms with Gasteiger partial charge in [0.2, 0.25) is 6.79 Å². The van der Waals surface area contributed by atoms with Gasteiger partial charge in [0.05, 0.1) is 17.7 Å². The minimum Gasteiger partial charge on any atom is -0.454 e. The maximum atomic E-state index is 13.6. The van der Waals surface area contributed by atoms with Crippen molar-refractivity contribution in [3.63, 3.8) is 0 Å². The molecule has 0 bridgehead atoms. The Balaban J connectivity index is 1.58. The van der Waals surface area contributed by atoms with Crippen LogP contribution in [0.1, 0.15) is 26.3 Å². The second-order valence-corrected chi connectivity index (χ2v) is 8.76. The monoisotopic (exact) mass is 454 g/mol. The summed E-state index contributed by atoms with van der Waals surface area (Å²) in [5.74, 6) is 0.676. The van der Waals surface area contributed by atoms with Crippen LogP contribution < -0.4 is 9.47 Å². The number of pyridine rings is 1. The van der Waals surface area contributed by atoms with E-state index in [1.54, 1.807) is 42.4 Å². The van der Waals surface area contributed by atoms with Crippen molar-refractivity contribution in [3.8, 4) is 22.6 Å². The van der Waals surface area contributed by atoms with Crippen LogP contribution in [0.15, 0.2) is 71.9 Å². The van der Waals surface area contributed by atoms with Crippen LogP contribution in [0.3, 0.4) is 0 Å². The third-order valence-electron chi connectivity index (χ3n) is 6.04. The molecule has 3 aromatic carbocycles. The van der Waals surface area contributed by atoms with Crippen molar-refractivity contribution in [3.05, 3.63) is 83.7 Å². The number of imide groups is 1.